The van der Waals surface area contributed by atoms with E-state index in [1.165, 1.54) is 5.56 Å². The summed E-state index contributed by atoms with van der Waals surface area (Å²) in [6.07, 6.45) is 0. The van der Waals surface area contributed by atoms with Gasteiger partial charge in [0.25, 0.3) is 0 Å². The zero-order valence-corrected chi connectivity index (χ0v) is 11.8. The standard InChI is InChI=1S/C15H12N2S2/c1-3-7-12(8-4-1)11-18-15-17-16-14(19-15)13-9-5-2-6-10-13/h1-10H,11H2. The lowest BCUT2D eigenvalue weighted by atomic mass is 10.2. The van der Waals surface area contributed by atoms with Gasteiger partial charge in [-0.05, 0) is 5.56 Å². The predicted molar refractivity (Wildman–Crippen MR) is 81.3 cm³/mol. The summed E-state index contributed by atoms with van der Waals surface area (Å²) in [5.74, 6) is 0.935. The van der Waals surface area contributed by atoms with Crippen LogP contribution in [0.15, 0.2) is 65.0 Å². The molecule has 0 radical (unpaired) electrons. The van der Waals surface area contributed by atoms with Crippen LogP contribution < -0.4 is 0 Å². The first-order valence-electron chi connectivity index (χ1n) is 5.97. The summed E-state index contributed by atoms with van der Waals surface area (Å²) in [5, 5.41) is 9.47. The van der Waals surface area contributed by atoms with Gasteiger partial charge in [-0.25, -0.2) is 0 Å². The third kappa shape index (κ3) is 3.22. The quantitative estimate of drug-likeness (QED) is 0.660. The van der Waals surface area contributed by atoms with Crippen LogP contribution in [0.25, 0.3) is 10.6 Å². The molecule has 0 fully saturated rings. The molecule has 2 aromatic carbocycles. The Hall–Kier alpha value is -1.65. The smallest absolute Gasteiger partial charge is 0.137 e. The maximum absolute atomic E-state index is 4.25. The second-order valence-electron chi connectivity index (χ2n) is 4.01. The fraction of sp³-hybridized carbons (Fsp3) is 0.0667. The van der Waals surface area contributed by atoms with Crippen molar-refractivity contribution in [2.24, 2.45) is 0 Å². The van der Waals surface area contributed by atoms with Crippen LogP contribution in [-0.2, 0) is 5.75 Å². The molecule has 3 rings (SSSR count). The number of benzene rings is 2. The Morgan fingerprint density at radius 1 is 0.842 bits per heavy atom. The van der Waals surface area contributed by atoms with Gasteiger partial charge >= 0.3 is 0 Å². The van der Waals surface area contributed by atoms with Crippen molar-refractivity contribution >= 4 is 23.1 Å². The zero-order chi connectivity index (χ0) is 12.9. The van der Waals surface area contributed by atoms with Gasteiger partial charge in [0.1, 0.15) is 5.01 Å². The number of nitrogens with zero attached hydrogens (tertiary/aromatic N) is 2. The summed E-state index contributed by atoms with van der Waals surface area (Å²) >= 11 is 3.38. The number of hydrogen-bond donors (Lipinski definition) is 0. The molecular formula is C15H12N2S2. The molecule has 0 atom stereocenters. The van der Waals surface area contributed by atoms with Crippen LogP contribution in [0.2, 0.25) is 0 Å². The van der Waals surface area contributed by atoms with Crippen molar-refractivity contribution < 1.29 is 0 Å². The Kier molecular flexibility index (Phi) is 3.91. The van der Waals surface area contributed by atoms with Crippen molar-refractivity contribution in [3.8, 4) is 10.6 Å². The fourth-order valence-corrected chi connectivity index (χ4v) is 3.50. The molecule has 4 heteroatoms. The first-order valence-corrected chi connectivity index (χ1v) is 7.78. The molecule has 2 nitrogen and oxygen atoms in total. The third-order valence-electron chi connectivity index (χ3n) is 2.63. The molecule has 0 aliphatic carbocycles. The lowest BCUT2D eigenvalue weighted by Gasteiger charge is -1.96. The van der Waals surface area contributed by atoms with Crippen molar-refractivity contribution in [3.05, 3.63) is 66.2 Å². The summed E-state index contributed by atoms with van der Waals surface area (Å²) in [7, 11) is 0. The van der Waals surface area contributed by atoms with Crippen LogP contribution in [0.4, 0.5) is 0 Å². The van der Waals surface area contributed by atoms with Crippen molar-refractivity contribution in [2.75, 3.05) is 0 Å². The predicted octanol–water partition coefficient (Wildman–Crippen LogP) is 4.50. The van der Waals surface area contributed by atoms with Crippen molar-refractivity contribution in [1.82, 2.24) is 10.2 Å². The lowest BCUT2D eigenvalue weighted by molar-refractivity contribution is 1.01. The van der Waals surface area contributed by atoms with E-state index in [1.807, 2.05) is 24.3 Å². The van der Waals surface area contributed by atoms with E-state index >= 15 is 0 Å². The van der Waals surface area contributed by atoms with Crippen LogP contribution in [0, 0.1) is 0 Å². The highest BCUT2D eigenvalue weighted by Gasteiger charge is 2.06. The number of hydrogen-bond acceptors (Lipinski definition) is 4. The molecule has 0 N–H and O–H groups in total. The fourth-order valence-electron chi connectivity index (χ4n) is 1.68. The minimum Gasteiger partial charge on any atom is -0.137 e. The Bertz CT molecular complexity index is 636. The van der Waals surface area contributed by atoms with E-state index < -0.39 is 0 Å². The summed E-state index contributed by atoms with van der Waals surface area (Å²) in [6.45, 7) is 0. The van der Waals surface area contributed by atoms with Crippen LogP contribution in [0.1, 0.15) is 5.56 Å². The Morgan fingerprint density at radius 3 is 2.26 bits per heavy atom. The molecule has 0 aliphatic heterocycles. The first kappa shape index (κ1) is 12.4. The molecular weight excluding hydrogens is 272 g/mol. The summed E-state index contributed by atoms with van der Waals surface area (Å²) < 4.78 is 1.02. The largest absolute Gasteiger partial charge is 0.174 e. The van der Waals surface area contributed by atoms with Gasteiger partial charge in [0.05, 0.1) is 0 Å². The van der Waals surface area contributed by atoms with Gasteiger partial charge in [0.15, 0.2) is 4.34 Å². The highest BCUT2D eigenvalue weighted by Crippen LogP contribution is 2.30. The van der Waals surface area contributed by atoms with Gasteiger partial charge in [-0.1, -0.05) is 83.8 Å². The zero-order valence-electron chi connectivity index (χ0n) is 10.2. The van der Waals surface area contributed by atoms with E-state index in [0.29, 0.717) is 0 Å². The Balaban J connectivity index is 1.69. The minimum absolute atomic E-state index is 0.935. The highest BCUT2D eigenvalue weighted by atomic mass is 32.2. The number of rotatable bonds is 4. The summed E-state index contributed by atoms with van der Waals surface area (Å²) in [5.41, 5.74) is 2.44. The molecule has 0 unspecified atom stereocenters. The summed E-state index contributed by atoms with van der Waals surface area (Å²) in [4.78, 5) is 0. The third-order valence-corrected chi connectivity index (χ3v) is 4.81. The van der Waals surface area contributed by atoms with Gasteiger partial charge in [0.2, 0.25) is 0 Å². The van der Waals surface area contributed by atoms with Crippen molar-refractivity contribution in [1.29, 1.82) is 0 Å². The molecule has 0 spiro atoms. The summed E-state index contributed by atoms with van der Waals surface area (Å²) in [6, 6.07) is 20.6. The number of aromatic nitrogens is 2. The average Bonchev–Trinajstić information content (AvgIpc) is 2.96. The highest BCUT2D eigenvalue weighted by molar-refractivity contribution is 8.00. The van der Waals surface area contributed by atoms with E-state index in [1.54, 1.807) is 23.1 Å². The average molecular weight is 284 g/mol. The van der Waals surface area contributed by atoms with Crippen LogP contribution >= 0.6 is 23.1 Å². The maximum atomic E-state index is 4.25. The van der Waals surface area contributed by atoms with Gasteiger partial charge in [-0.2, -0.15) is 0 Å². The van der Waals surface area contributed by atoms with E-state index in [0.717, 1.165) is 20.7 Å². The van der Waals surface area contributed by atoms with E-state index in [-0.39, 0.29) is 0 Å². The molecule has 94 valence electrons. The SMILES string of the molecule is c1ccc(CSc2nnc(-c3ccccc3)s2)cc1. The second kappa shape index (κ2) is 5.99. The van der Waals surface area contributed by atoms with Crippen LogP contribution in [-0.4, -0.2) is 10.2 Å². The van der Waals surface area contributed by atoms with E-state index in [2.05, 4.69) is 46.6 Å². The molecule has 0 bridgehead atoms. The van der Waals surface area contributed by atoms with Gasteiger partial charge in [-0.3, -0.25) is 0 Å². The first-order chi connectivity index (χ1) is 9.42. The molecule has 0 saturated carbocycles. The number of thioether (sulfide) groups is 1. The molecule has 0 amide bonds. The molecule has 0 saturated heterocycles. The topological polar surface area (TPSA) is 25.8 Å². The normalized spacial score (nSPS) is 10.5. The van der Waals surface area contributed by atoms with Gasteiger partial charge < -0.3 is 0 Å². The monoisotopic (exact) mass is 284 g/mol. The van der Waals surface area contributed by atoms with Gasteiger partial charge in [-0.15, -0.1) is 10.2 Å². The molecule has 19 heavy (non-hydrogen) atoms. The van der Waals surface area contributed by atoms with Gasteiger partial charge in [0, 0.05) is 11.3 Å². The molecule has 3 aromatic rings. The van der Waals surface area contributed by atoms with Crippen molar-refractivity contribution in [3.63, 3.8) is 0 Å². The van der Waals surface area contributed by atoms with Crippen LogP contribution in [0.3, 0.4) is 0 Å². The molecule has 0 aliphatic rings. The maximum Gasteiger partial charge on any atom is 0.174 e. The Labute approximate surface area is 120 Å². The lowest BCUT2D eigenvalue weighted by Crippen LogP contribution is -1.78. The van der Waals surface area contributed by atoms with Crippen molar-refractivity contribution in [2.45, 2.75) is 10.1 Å². The van der Waals surface area contributed by atoms with E-state index in [9.17, 15) is 0 Å². The molecule has 1 heterocycles. The van der Waals surface area contributed by atoms with Crippen LogP contribution in [0.5, 0.6) is 0 Å². The van der Waals surface area contributed by atoms with E-state index in [4.69, 9.17) is 0 Å². The second-order valence-corrected chi connectivity index (χ2v) is 6.21. The Morgan fingerprint density at radius 2 is 1.53 bits per heavy atom. The minimum atomic E-state index is 0.935. The molecule has 1 aromatic heterocycles.